The number of benzene rings is 1. The molecule has 1 aromatic carbocycles. The number of halogens is 1. The molecule has 1 fully saturated rings. The second-order valence-electron chi connectivity index (χ2n) is 5.32. The molecule has 2 rings (SSSR count). The summed E-state index contributed by atoms with van der Waals surface area (Å²) >= 11 is 3.54. The SMILES string of the molecule is Cc1ccc(C(=O)NCC2CCCC2CBr)cc1O. The molecule has 0 spiro atoms. The van der Waals surface area contributed by atoms with Gasteiger partial charge in [0.2, 0.25) is 0 Å². The summed E-state index contributed by atoms with van der Waals surface area (Å²) in [6.07, 6.45) is 3.69. The fourth-order valence-corrected chi connectivity index (χ4v) is 3.51. The molecule has 3 nitrogen and oxygen atoms in total. The van der Waals surface area contributed by atoms with Gasteiger partial charge in [0, 0.05) is 17.4 Å². The third kappa shape index (κ3) is 3.50. The van der Waals surface area contributed by atoms with Gasteiger partial charge in [-0.25, -0.2) is 0 Å². The van der Waals surface area contributed by atoms with Crippen LogP contribution in [0.15, 0.2) is 18.2 Å². The van der Waals surface area contributed by atoms with Crippen LogP contribution in [0.5, 0.6) is 5.75 Å². The highest BCUT2D eigenvalue weighted by Gasteiger charge is 2.26. The first kappa shape index (κ1) is 14.4. The van der Waals surface area contributed by atoms with E-state index in [2.05, 4.69) is 21.2 Å². The highest BCUT2D eigenvalue weighted by Crippen LogP contribution is 2.32. The Morgan fingerprint density at radius 3 is 2.84 bits per heavy atom. The van der Waals surface area contributed by atoms with Gasteiger partial charge in [-0.05, 0) is 49.3 Å². The van der Waals surface area contributed by atoms with Gasteiger partial charge in [0.05, 0.1) is 0 Å². The summed E-state index contributed by atoms with van der Waals surface area (Å²) in [7, 11) is 0. The third-order valence-corrected chi connectivity index (χ3v) is 4.84. The second kappa shape index (κ2) is 6.42. The van der Waals surface area contributed by atoms with Gasteiger partial charge in [0.15, 0.2) is 0 Å². The van der Waals surface area contributed by atoms with Crippen molar-refractivity contribution in [2.75, 3.05) is 11.9 Å². The minimum atomic E-state index is -0.101. The number of alkyl halides is 1. The Labute approximate surface area is 122 Å². The number of aromatic hydroxyl groups is 1. The van der Waals surface area contributed by atoms with Crippen LogP contribution in [0.1, 0.15) is 35.2 Å². The van der Waals surface area contributed by atoms with Gasteiger partial charge in [0.1, 0.15) is 5.75 Å². The van der Waals surface area contributed by atoms with E-state index in [0.29, 0.717) is 17.4 Å². The molecular weight excluding hydrogens is 306 g/mol. The van der Waals surface area contributed by atoms with Crippen molar-refractivity contribution in [3.05, 3.63) is 29.3 Å². The summed E-state index contributed by atoms with van der Waals surface area (Å²) in [5.74, 6) is 1.32. The van der Waals surface area contributed by atoms with Crippen molar-refractivity contribution < 1.29 is 9.90 Å². The first-order chi connectivity index (χ1) is 9.11. The Morgan fingerprint density at radius 1 is 1.42 bits per heavy atom. The summed E-state index contributed by atoms with van der Waals surface area (Å²) in [5.41, 5.74) is 1.31. The van der Waals surface area contributed by atoms with Crippen molar-refractivity contribution in [1.82, 2.24) is 5.32 Å². The molecule has 2 atom stereocenters. The molecule has 1 amide bonds. The molecule has 4 heteroatoms. The molecule has 19 heavy (non-hydrogen) atoms. The number of phenols is 1. The van der Waals surface area contributed by atoms with Crippen LogP contribution in [0.4, 0.5) is 0 Å². The lowest BCUT2D eigenvalue weighted by molar-refractivity contribution is 0.0944. The fourth-order valence-electron chi connectivity index (χ4n) is 2.66. The molecule has 1 aliphatic carbocycles. The highest BCUT2D eigenvalue weighted by molar-refractivity contribution is 9.09. The van der Waals surface area contributed by atoms with Crippen LogP contribution in [0.25, 0.3) is 0 Å². The molecular formula is C15H20BrNO2. The molecule has 104 valence electrons. The second-order valence-corrected chi connectivity index (χ2v) is 5.96. The normalized spacial score (nSPS) is 22.4. The molecule has 0 aromatic heterocycles. The van der Waals surface area contributed by atoms with Gasteiger partial charge in [0.25, 0.3) is 5.91 Å². The van der Waals surface area contributed by atoms with E-state index < -0.39 is 0 Å². The lowest BCUT2D eigenvalue weighted by Crippen LogP contribution is -2.31. The average molecular weight is 326 g/mol. The minimum absolute atomic E-state index is 0.101. The van der Waals surface area contributed by atoms with E-state index in [1.807, 2.05) is 6.92 Å². The van der Waals surface area contributed by atoms with Crippen LogP contribution >= 0.6 is 15.9 Å². The Kier molecular flexibility index (Phi) is 4.86. The molecule has 0 saturated heterocycles. The Morgan fingerprint density at radius 2 is 2.16 bits per heavy atom. The van der Waals surface area contributed by atoms with Crippen LogP contribution in [0, 0.1) is 18.8 Å². The molecule has 0 radical (unpaired) electrons. The van der Waals surface area contributed by atoms with Crippen LogP contribution in [0.3, 0.4) is 0 Å². The number of aryl methyl sites for hydroxylation is 1. The van der Waals surface area contributed by atoms with Crippen molar-refractivity contribution in [2.24, 2.45) is 11.8 Å². The van der Waals surface area contributed by atoms with Crippen LogP contribution < -0.4 is 5.32 Å². The maximum absolute atomic E-state index is 12.0. The van der Waals surface area contributed by atoms with Gasteiger partial charge in [-0.3, -0.25) is 4.79 Å². The number of carbonyl (C=O) groups excluding carboxylic acids is 1. The van der Waals surface area contributed by atoms with Gasteiger partial charge < -0.3 is 10.4 Å². The van der Waals surface area contributed by atoms with Gasteiger partial charge in [-0.2, -0.15) is 0 Å². The number of phenolic OH excluding ortho intramolecular Hbond substituents is 1. The lowest BCUT2D eigenvalue weighted by Gasteiger charge is -2.17. The topological polar surface area (TPSA) is 49.3 Å². The van der Waals surface area contributed by atoms with E-state index in [1.165, 1.54) is 25.3 Å². The molecule has 1 aliphatic rings. The molecule has 1 aromatic rings. The average Bonchev–Trinajstić information content (AvgIpc) is 2.86. The van der Waals surface area contributed by atoms with Gasteiger partial charge in [-0.15, -0.1) is 0 Å². The third-order valence-electron chi connectivity index (χ3n) is 4.01. The highest BCUT2D eigenvalue weighted by atomic mass is 79.9. The Balaban J connectivity index is 1.92. The van der Waals surface area contributed by atoms with Gasteiger partial charge >= 0.3 is 0 Å². The molecule has 0 aliphatic heterocycles. The molecule has 0 bridgehead atoms. The van der Waals surface area contributed by atoms with Crippen molar-refractivity contribution in [2.45, 2.75) is 26.2 Å². The molecule has 2 unspecified atom stereocenters. The van der Waals surface area contributed by atoms with E-state index in [0.717, 1.165) is 17.4 Å². The van der Waals surface area contributed by atoms with Gasteiger partial charge in [-0.1, -0.05) is 28.4 Å². The van der Waals surface area contributed by atoms with E-state index in [1.54, 1.807) is 12.1 Å². The summed E-state index contributed by atoms with van der Waals surface area (Å²) in [5, 5.41) is 13.6. The smallest absolute Gasteiger partial charge is 0.251 e. The number of amides is 1. The minimum Gasteiger partial charge on any atom is -0.508 e. The maximum atomic E-state index is 12.0. The first-order valence-corrected chi connectivity index (χ1v) is 7.87. The summed E-state index contributed by atoms with van der Waals surface area (Å²) in [6.45, 7) is 2.54. The fraction of sp³-hybridized carbons (Fsp3) is 0.533. The predicted molar refractivity (Wildman–Crippen MR) is 79.8 cm³/mol. The standard InChI is InChI=1S/C15H20BrNO2/c1-10-5-6-11(7-14(10)18)15(19)17-9-13-4-2-3-12(13)8-16/h5-7,12-13,18H,2-4,8-9H2,1H3,(H,17,19). The Hall–Kier alpha value is -1.03. The number of carbonyl (C=O) groups is 1. The molecule has 1 saturated carbocycles. The van der Waals surface area contributed by atoms with Crippen LogP contribution in [-0.2, 0) is 0 Å². The molecule has 0 heterocycles. The predicted octanol–water partition coefficient (Wildman–Crippen LogP) is 3.24. The quantitative estimate of drug-likeness (QED) is 0.835. The summed E-state index contributed by atoms with van der Waals surface area (Å²) < 4.78 is 0. The largest absolute Gasteiger partial charge is 0.508 e. The van der Waals surface area contributed by atoms with Crippen molar-refractivity contribution in [1.29, 1.82) is 0 Å². The van der Waals surface area contributed by atoms with E-state index in [-0.39, 0.29) is 11.7 Å². The zero-order chi connectivity index (χ0) is 13.8. The first-order valence-electron chi connectivity index (χ1n) is 6.75. The van der Waals surface area contributed by atoms with E-state index in [9.17, 15) is 9.90 Å². The number of hydrogen-bond donors (Lipinski definition) is 2. The van der Waals surface area contributed by atoms with E-state index >= 15 is 0 Å². The Bertz CT molecular complexity index is 461. The van der Waals surface area contributed by atoms with Crippen LogP contribution in [0.2, 0.25) is 0 Å². The van der Waals surface area contributed by atoms with Crippen molar-refractivity contribution in [3.8, 4) is 5.75 Å². The van der Waals surface area contributed by atoms with E-state index in [4.69, 9.17) is 0 Å². The zero-order valence-electron chi connectivity index (χ0n) is 11.2. The number of hydrogen-bond acceptors (Lipinski definition) is 2. The van der Waals surface area contributed by atoms with Crippen molar-refractivity contribution in [3.63, 3.8) is 0 Å². The van der Waals surface area contributed by atoms with Crippen LogP contribution in [-0.4, -0.2) is 22.9 Å². The monoisotopic (exact) mass is 325 g/mol. The zero-order valence-corrected chi connectivity index (χ0v) is 12.7. The van der Waals surface area contributed by atoms with Crippen molar-refractivity contribution >= 4 is 21.8 Å². The lowest BCUT2D eigenvalue weighted by atomic mass is 9.98. The number of nitrogens with one attached hydrogen (secondary N) is 1. The molecule has 2 N–H and O–H groups in total. The summed E-state index contributed by atoms with van der Waals surface area (Å²) in [6, 6.07) is 5.05. The summed E-state index contributed by atoms with van der Waals surface area (Å²) in [4.78, 5) is 12.0. The number of rotatable bonds is 4. The maximum Gasteiger partial charge on any atom is 0.251 e.